The van der Waals surface area contributed by atoms with Gasteiger partial charge in [-0.1, -0.05) is 0 Å². The number of ether oxygens (including phenoxy) is 2. The van der Waals surface area contributed by atoms with E-state index >= 15 is 0 Å². The Morgan fingerprint density at radius 2 is 1.89 bits per heavy atom. The number of hydrogen-bond acceptors (Lipinski definition) is 3. The van der Waals surface area contributed by atoms with Crippen molar-refractivity contribution < 1.29 is 23.2 Å². The molecule has 0 radical (unpaired) electrons. The summed E-state index contributed by atoms with van der Waals surface area (Å²) in [6, 6.07) is 0. The number of likely N-dealkylation sites (N-methyl/N-ethyl adjacent to an activating group) is 2. The third-order valence-electron chi connectivity index (χ3n) is 3.43. The normalized spacial score (nSPS) is 19.6. The van der Waals surface area contributed by atoms with Crippen molar-refractivity contribution in [3.05, 3.63) is 0 Å². The SMILES string of the molecule is C[N+](C)(C)CCOC(=O)CC[N+]1(C)CCOCC1. The van der Waals surface area contributed by atoms with Crippen molar-refractivity contribution in [2.45, 2.75) is 6.42 Å². The monoisotopic (exact) mass is 260 g/mol. The highest BCUT2D eigenvalue weighted by molar-refractivity contribution is 5.69. The van der Waals surface area contributed by atoms with Crippen LogP contribution in [0.1, 0.15) is 6.42 Å². The quantitative estimate of drug-likeness (QED) is 0.502. The van der Waals surface area contributed by atoms with E-state index in [1.54, 1.807) is 0 Å². The molecule has 0 aromatic carbocycles. The third-order valence-corrected chi connectivity index (χ3v) is 3.43. The first kappa shape index (κ1) is 15.4. The number of morpholine rings is 1. The molecule has 1 rings (SSSR count). The Hall–Kier alpha value is -0.650. The molecule has 0 spiro atoms. The molecule has 5 nitrogen and oxygen atoms in total. The van der Waals surface area contributed by atoms with Gasteiger partial charge >= 0.3 is 5.97 Å². The van der Waals surface area contributed by atoms with Crippen molar-refractivity contribution in [3.8, 4) is 0 Å². The minimum absolute atomic E-state index is 0.0747. The standard InChI is InChI=1S/C13H28N2O3/c1-14(2,3)7-12-18-13(16)5-6-15(4)8-10-17-11-9-15/h5-12H2,1-4H3/q+2. The molecule has 1 heterocycles. The van der Waals surface area contributed by atoms with E-state index in [1.165, 1.54) is 0 Å². The minimum Gasteiger partial charge on any atom is -0.460 e. The molecule has 0 aromatic rings. The maximum Gasteiger partial charge on any atom is 0.311 e. The van der Waals surface area contributed by atoms with Crippen molar-refractivity contribution in [3.63, 3.8) is 0 Å². The molecular weight excluding hydrogens is 232 g/mol. The Bertz CT molecular complexity index is 268. The van der Waals surface area contributed by atoms with Crippen molar-refractivity contribution in [1.29, 1.82) is 0 Å². The van der Waals surface area contributed by atoms with Crippen LogP contribution >= 0.6 is 0 Å². The molecule has 18 heavy (non-hydrogen) atoms. The van der Waals surface area contributed by atoms with E-state index in [0.29, 0.717) is 13.0 Å². The zero-order valence-electron chi connectivity index (χ0n) is 12.3. The lowest BCUT2D eigenvalue weighted by molar-refractivity contribution is -0.916. The van der Waals surface area contributed by atoms with Crippen LogP contribution in [-0.2, 0) is 14.3 Å². The van der Waals surface area contributed by atoms with E-state index in [1.807, 2.05) is 0 Å². The van der Waals surface area contributed by atoms with E-state index in [-0.39, 0.29) is 5.97 Å². The number of nitrogens with zero attached hydrogens (tertiary/aromatic N) is 2. The summed E-state index contributed by atoms with van der Waals surface area (Å²) in [5.74, 6) is -0.0747. The fourth-order valence-corrected chi connectivity index (χ4v) is 1.87. The molecular formula is C13H28N2O3+2. The molecule has 0 aromatic heterocycles. The molecule has 0 N–H and O–H groups in total. The molecule has 0 atom stereocenters. The second kappa shape index (κ2) is 6.50. The molecule has 1 aliphatic heterocycles. The summed E-state index contributed by atoms with van der Waals surface area (Å²) < 4.78 is 12.3. The van der Waals surface area contributed by atoms with Crippen LogP contribution in [0.4, 0.5) is 0 Å². The van der Waals surface area contributed by atoms with Gasteiger partial charge in [-0.3, -0.25) is 4.79 Å². The van der Waals surface area contributed by atoms with Gasteiger partial charge in [0.15, 0.2) is 0 Å². The Labute approximate surface area is 110 Å². The Kier molecular flexibility index (Phi) is 5.56. The number of carbonyl (C=O) groups is 1. The summed E-state index contributed by atoms with van der Waals surface area (Å²) in [7, 11) is 8.46. The Morgan fingerprint density at radius 1 is 1.28 bits per heavy atom. The first-order valence-electron chi connectivity index (χ1n) is 6.68. The molecule has 0 bridgehead atoms. The number of esters is 1. The molecule has 1 saturated heterocycles. The van der Waals surface area contributed by atoms with Gasteiger partial charge in [0.05, 0.1) is 54.4 Å². The van der Waals surface area contributed by atoms with Crippen LogP contribution in [0, 0.1) is 0 Å². The highest BCUT2D eigenvalue weighted by atomic mass is 16.5. The average Bonchev–Trinajstić information content (AvgIpc) is 2.26. The van der Waals surface area contributed by atoms with Crippen LogP contribution < -0.4 is 0 Å². The lowest BCUT2D eigenvalue weighted by Gasteiger charge is -2.37. The van der Waals surface area contributed by atoms with Gasteiger partial charge in [0.2, 0.25) is 0 Å². The summed E-state index contributed by atoms with van der Waals surface area (Å²) in [5, 5.41) is 0. The summed E-state index contributed by atoms with van der Waals surface area (Å²) in [5.41, 5.74) is 0. The van der Waals surface area contributed by atoms with Crippen LogP contribution in [0.25, 0.3) is 0 Å². The third kappa shape index (κ3) is 6.33. The lowest BCUT2D eigenvalue weighted by atomic mass is 10.3. The van der Waals surface area contributed by atoms with Crippen molar-refractivity contribution in [1.82, 2.24) is 0 Å². The molecule has 0 aliphatic carbocycles. The van der Waals surface area contributed by atoms with Crippen molar-refractivity contribution >= 4 is 5.97 Å². The van der Waals surface area contributed by atoms with E-state index in [4.69, 9.17) is 9.47 Å². The van der Waals surface area contributed by atoms with Crippen LogP contribution in [0.15, 0.2) is 0 Å². The maximum absolute atomic E-state index is 11.6. The second-order valence-electron chi connectivity index (χ2n) is 6.39. The first-order chi connectivity index (χ1) is 8.31. The number of rotatable bonds is 6. The van der Waals surface area contributed by atoms with E-state index in [0.717, 1.165) is 48.4 Å². The topological polar surface area (TPSA) is 35.5 Å². The van der Waals surface area contributed by atoms with Crippen molar-refractivity contribution in [2.75, 3.05) is 74.2 Å². The fourth-order valence-electron chi connectivity index (χ4n) is 1.87. The molecule has 106 valence electrons. The lowest BCUT2D eigenvalue weighted by Crippen LogP contribution is -2.52. The molecule has 0 saturated carbocycles. The summed E-state index contributed by atoms with van der Waals surface area (Å²) >= 11 is 0. The maximum atomic E-state index is 11.6. The molecule has 5 heteroatoms. The molecule has 1 fully saturated rings. The Morgan fingerprint density at radius 3 is 2.44 bits per heavy atom. The fraction of sp³-hybridized carbons (Fsp3) is 0.923. The molecule has 0 amide bonds. The van der Waals surface area contributed by atoms with Crippen LogP contribution in [0.5, 0.6) is 0 Å². The van der Waals surface area contributed by atoms with Gasteiger partial charge in [0, 0.05) is 0 Å². The van der Waals surface area contributed by atoms with E-state index < -0.39 is 0 Å². The van der Waals surface area contributed by atoms with Gasteiger partial charge in [0.1, 0.15) is 26.2 Å². The van der Waals surface area contributed by atoms with Crippen molar-refractivity contribution in [2.24, 2.45) is 0 Å². The summed E-state index contributed by atoms with van der Waals surface area (Å²) in [4.78, 5) is 11.6. The summed E-state index contributed by atoms with van der Waals surface area (Å²) in [6.07, 6.45) is 0.508. The van der Waals surface area contributed by atoms with Crippen LogP contribution in [-0.4, -0.2) is 89.1 Å². The predicted molar refractivity (Wildman–Crippen MR) is 70.1 cm³/mol. The predicted octanol–water partition coefficient (Wildman–Crippen LogP) is 0.103. The highest BCUT2D eigenvalue weighted by Gasteiger charge is 2.26. The van der Waals surface area contributed by atoms with Gasteiger partial charge in [0.25, 0.3) is 0 Å². The van der Waals surface area contributed by atoms with E-state index in [2.05, 4.69) is 28.2 Å². The molecule has 0 unspecified atom stereocenters. The smallest absolute Gasteiger partial charge is 0.311 e. The Balaban J connectivity index is 2.16. The number of quaternary nitrogens is 2. The van der Waals surface area contributed by atoms with E-state index in [9.17, 15) is 4.79 Å². The zero-order chi connectivity index (χ0) is 13.6. The molecule has 1 aliphatic rings. The largest absolute Gasteiger partial charge is 0.460 e. The zero-order valence-corrected chi connectivity index (χ0v) is 12.3. The highest BCUT2D eigenvalue weighted by Crippen LogP contribution is 2.08. The van der Waals surface area contributed by atoms with Crippen LogP contribution in [0.3, 0.4) is 0 Å². The van der Waals surface area contributed by atoms with Crippen LogP contribution in [0.2, 0.25) is 0 Å². The average molecular weight is 260 g/mol. The van der Waals surface area contributed by atoms with Gasteiger partial charge < -0.3 is 18.4 Å². The first-order valence-corrected chi connectivity index (χ1v) is 6.68. The van der Waals surface area contributed by atoms with Gasteiger partial charge in [-0.05, 0) is 0 Å². The summed E-state index contributed by atoms with van der Waals surface area (Å²) in [6.45, 7) is 5.80. The second-order valence-corrected chi connectivity index (χ2v) is 6.39. The number of hydrogen-bond donors (Lipinski definition) is 0. The van der Waals surface area contributed by atoms with Gasteiger partial charge in [-0.2, -0.15) is 0 Å². The number of carbonyl (C=O) groups excluding carboxylic acids is 1. The minimum atomic E-state index is -0.0747. The van der Waals surface area contributed by atoms with Gasteiger partial charge in [-0.25, -0.2) is 0 Å². The van der Waals surface area contributed by atoms with Gasteiger partial charge in [-0.15, -0.1) is 0 Å².